The fraction of sp³-hybridized carbons (Fsp3) is 0.357. The lowest BCUT2D eigenvalue weighted by atomic mass is 10.2. The molecule has 1 aromatic carbocycles. The number of nitrogens with one attached hydrogen (secondary N) is 1. The van der Waals surface area contributed by atoms with E-state index in [1.807, 2.05) is 18.2 Å². The zero-order valence-corrected chi connectivity index (χ0v) is 11.2. The summed E-state index contributed by atoms with van der Waals surface area (Å²) in [5.41, 5.74) is 1.45. The van der Waals surface area contributed by atoms with Crippen LogP contribution in [0.25, 0.3) is 10.9 Å². The minimum Gasteiger partial charge on any atom is -0.394 e. The molecule has 2 heterocycles. The number of likely N-dealkylation sites (tertiary alicyclic amines) is 1. The first-order valence-corrected chi connectivity index (χ1v) is 6.77. The predicted octanol–water partition coefficient (Wildman–Crippen LogP) is 2.42. The third kappa shape index (κ3) is 2.22. The SMILES string of the molecule is O=C(c1cc2cc(Cl)ccc2[nH]1)N1CCCC1CO. The lowest BCUT2D eigenvalue weighted by Gasteiger charge is -2.22. The third-order valence-corrected chi connectivity index (χ3v) is 3.90. The average molecular weight is 279 g/mol. The van der Waals surface area contributed by atoms with E-state index in [0.717, 1.165) is 23.7 Å². The number of amides is 1. The Morgan fingerprint density at radius 3 is 3.11 bits per heavy atom. The summed E-state index contributed by atoms with van der Waals surface area (Å²) in [6.45, 7) is 0.734. The first kappa shape index (κ1) is 12.5. The summed E-state index contributed by atoms with van der Waals surface area (Å²) in [6.07, 6.45) is 1.82. The van der Waals surface area contributed by atoms with Crippen LogP contribution in [0.4, 0.5) is 0 Å². The average Bonchev–Trinajstić information content (AvgIpc) is 3.03. The van der Waals surface area contributed by atoms with Crippen molar-refractivity contribution in [2.24, 2.45) is 0 Å². The van der Waals surface area contributed by atoms with Crippen LogP contribution in [0.15, 0.2) is 24.3 Å². The van der Waals surface area contributed by atoms with Gasteiger partial charge in [0.15, 0.2) is 0 Å². The number of rotatable bonds is 2. The number of aromatic amines is 1. The summed E-state index contributed by atoms with van der Waals surface area (Å²) in [6, 6.07) is 7.25. The number of aliphatic hydroxyl groups excluding tert-OH is 1. The van der Waals surface area contributed by atoms with E-state index >= 15 is 0 Å². The van der Waals surface area contributed by atoms with Gasteiger partial charge in [-0.05, 0) is 37.1 Å². The summed E-state index contributed by atoms with van der Waals surface area (Å²) in [5, 5.41) is 10.9. The Morgan fingerprint density at radius 2 is 2.32 bits per heavy atom. The van der Waals surface area contributed by atoms with Crippen LogP contribution in [0.1, 0.15) is 23.3 Å². The van der Waals surface area contributed by atoms with Gasteiger partial charge in [-0.25, -0.2) is 0 Å². The second kappa shape index (κ2) is 4.87. The monoisotopic (exact) mass is 278 g/mol. The van der Waals surface area contributed by atoms with Gasteiger partial charge >= 0.3 is 0 Å². The molecule has 5 heteroatoms. The number of aliphatic hydroxyl groups is 1. The number of carbonyl (C=O) groups excluding carboxylic acids is 1. The van der Waals surface area contributed by atoms with Gasteiger partial charge in [-0.1, -0.05) is 11.6 Å². The van der Waals surface area contributed by atoms with Gasteiger partial charge in [-0.2, -0.15) is 0 Å². The first-order chi connectivity index (χ1) is 9.19. The number of carbonyl (C=O) groups is 1. The number of nitrogens with zero attached hydrogens (tertiary/aromatic N) is 1. The van der Waals surface area contributed by atoms with Crippen molar-refractivity contribution in [3.05, 3.63) is 35.0 Å². The molecule has 1 saturated heterocycles. The molecule has 0 saturated carbocycles. The van der Waals surface area contributed by atoms with Gasteiger partial charge in [0.1, 0.15) is 5.69 Å². The highest BCUT2D eigenvalue weighted by Gasteiger charge is 2.29. The van der Waals surface area contributed by atoms with Crippen molar-refractivity contribution in [1.29, 1.82) is 0 Å². The molecule has 1 aromatic heterocycles. The van der Waals surface area contributed by atoms with Crippen molar-refractivity contribution in [2.45, 2.75) is 18.9 Å². The Hall–Kier alpha value is -1.52. The molecule has 19 heavy (non-hydrogen) atoms. The number of hydrogen-bond acceptors (Lipinski definition) is 2. The fourth-order valence-electron chi connectivity index (χ4n) is 2.67. The number of aromatic nitrogens is 1. The summed E-state index contributed by atoms with van der Waals surface area (Å²) in [7, 11) is 0. The fourth-order valence-corrected chi connectivity index (χ4v) is 2.85. The van der Waals surface area contributed by atoms with Gasteiger partial charge in [0, 0.05) is 22.5 Å². The second-order valence-electron chi connectivity index (χ2n) is 4.89. The lowest BCUT2D eigenvalue weighted by Crippen LogP contribution is -2.37. The molecule has 0 bridgehead atoms. The Morgan fingerprint density at radius 1 is 1.47 bits per heavy atom. The molecule has 1 aliphatic heterocycles. The molecule has 1 aliphatic rings. The van der Waals surface area contributed by atoms with Crippen molar-refractivity contribution < 1.29 is 9.90 Å². The standard InChI is InChI=1S/C14H15ClN2O2/c15-10-3-4-12-9(6-10)7-13(16-12)14(19)17-5-1-2-11(17)8-18/h3-4,6-7,11,16,18H,1-2,5,8H2. The highest BCUT2D eigenvalue weighted by atomic mass is 35.5. The summed E-state index contributed by atoms with van der Waals surface area (Å²) in [5.74, 6) is -0.0520. The minimum atomic E-state index is -0.0532. The highest BCUT2D eigenvalue weighted by Crippen LogP contribution is 2.23. The van der Waals surface area contributed by atoms with Crippen molar-refractivity contribution >= 4 is 28.4 Å². The van der Waals surface area contributed by atoms with E-state index in [1.165, 1.54) is 0 Å². The number of fused-ring (bicyclic) bond motifs is 1. The van der Waals surface area contributed by atoms with E-state index in [1.54, 1.807) is 11.0 Å². The summed E-state index contributed by atoms with van der Waals surface area (Å²) in [4.78, 5) is 17.3. The zero-order chi connectivity index (χ0) is 13.4. The molecule has 1 fully saturated rings. The number of hydrogen-bond donors (Lipinski definition) is 2. The zero-order valence-electron chi connectivity index (χ0n) is 10.4. The molecular weight excluding hydrogens is 264 g/mol. The van der Waals surface area contributed by atoms with Crippen LogP contribution < -0.4 is 0 Å². The molecule has 0 radical (unpaired) electrons. The Bertz CT molecular complexity index is 623. The van der Waals surface area contributed by atoms with Crippen molar-refractivity contribution in [3.8, 4) is 0 Å². The van der Waals surface area contributed by atoms with Gasteiger partial charge in [-0.15, -0.1) is 0 Å². The smallest absolute Gasteiger partial charge is 0.270 e. The predicted molar refractivity (Wildman–Crippen MR) is 74.5 cm³/mol. The van der Waals surface area contributed by atoms with Gasteiger partial charge in [0.25, 0.3) is 5.91 Å². The van der Waals surface area contributed by atoms with Crippen LogP contribution in [0.2, 0.25) is 5.02 Å². The molecule has 0 spiro atoms. The largest absolute Gasteiger partial charge is 0.394 e. The van der Waals surface area contributed by atoms with Crippen LogP contribution in [0, 0.1) is 0 Å². The van der Waals surface area contributed by atoms with E-state index in [-0.39, 0.29) is 18.6 Å². The molecule has 2 N–H and O–H groups in total. The van der Waals surface area contributed by atoms with E-state index in [2.05, 4.69) is 4.98 Å². The van der Waals surface area contributed by atoms with E-state index in [4.69, 9.17) is 11.6 Å². The summed E-state index contributed by atoms with van der Waals surface area (Å²) < 4.78 is 0. The number of H-pyrrole nitrogens is 1. The van der Waals surface area contributed by atoms with Crippen molar-refractivity contribution in [1.82, 2.24) is 9.88 Å². The van der Waals surface area contributed by atoms with Gasteiger partial charge in [-0.3, -0.25) is 4.79 Å². The third-order valence-electron chi connectivity index (χ3n) is 3.66. The molecule has 100 valence electrons. The molecule has 4 nitrogen and oxygen atoms in total. The molecule has 2 aromatic rings. The maximum atomic E-state index is 12.4. The van der Waals surface area contributed by atoms with E-state index in [9.17, 15) is 9.90 Å². The normalized spacial score (nSPS) is 19.3. The van der Waals surface area contributed by atoms with Crippen molar-refractivity contribution in [3.63, 3.8) is 0 Å². The van der Waals surface area contributed by atoms with Crippen LogP contribution in [0.3, 0.4) is 0 Å². The molecule has 1 unspecified atom stereocenters. The Kier molecular flexibility index (Phi) is 3.21. The highest BCUT2D eigenvalue weighted by molar-refractivity contribution is 6.31. The van der Waals surface area contributed by atoms with Crippen LogP contribution in [0.5, 0.6) is 0 Å². The van der Waals surface area contributed by atoms with E-state index < -0.39 is 0 Å². The van der Waals surface area contributed by atoms with Crippen LogP contribution in [-0.4, -0.2) is 40.1 Å². The molecule has 0 aliphatic carbocycles. The number of benzene rings is 1. The topological polar surface area (TPSA) is 56.3 Å². The molecule has 1 atom stereocenters. The van der Waals surface area contributed by atoms with E-state index in [0.29, 0.717) is 17.3 Å². The molecule has 3 rings (SSSR count). The maximum absolute atomic E-state index is 12.4. The minimum absolute atomic E-state index is 0.0256. The summed E-state index contributed by atoms with van der Waals surface area (Å²) >= 11 is 5.94. The van der Waals surface area contributed by atoms with Crippen LogP contribution in [-0.2, 0) is 0 Å². The number of halogens is 1. The maximum Gasteiger partial charge on any atom is 0.270 e. The Balaban J connectivity index is 1.93. The second-order valence-corrected chi connectivity index (χ2v) is 5.33. The van der Waals surface area contributed by atoms with Gasteiger partial charge < -0.3 is 15.0 Å². The molecular formula is C14H15ClN2O2. The lowest BCUT2D eigenvalue weighted by molar-refractivity contribution is 0.0672. The molecule has 1 amide bonds. The van der Waals surface area contributed by atoms with Crippen molar-refractivity contribution in [2.75, 3.05) is 13.2 Å². The van der Waals surface area contributed by atoms with Crippen LogP contribution >= 0.6 is 11.6 Å². The Labute approximate surface area is 116 Å². The first-order valence-electron chi connectivity index (χ1n) is 6.39. The van der Waals surface area contributed by atoms with Gasteiger partial charge in [0.2, 0.25) is 0 Å². The van der Waals surface area contributed by atoms with Gasteiger partial charge in [0.05, 0.1) is 12.6 Å². The quantitative estimate of drug-likeness (QED) is 0.886.